The van der Waals surface area contributed by atoms with Crippen LogP contribution in [0.5, 0.6) is 0 Å². The Kier molecular flexibility index (Phi) is 3.83. The molecule has 0 aliphatic rings. The molecule has 14 heavy (non-hydrogen) atoms. The molecule has 0 amide bonds. The summed E-state index contributed by atoms with van der Waals surface area (Å²) in [5, 5.41) is 19.8. The monoisotopic (exact) mass is 366 g/mol. The van der Waals surface area contributed by atoms with Gasteiger partial charge in [0.05, 0.1) is 10.5 Å². The van der Waals surface area contributed by atoms with Crippen molar-refractivity contribution in [1.29, 1.82) is 5.26 Å². The summed E-state index contributed by atoms with van der Waals surface area (Å²) in [6.45, 7) is 0. The predicted molar refractivity (Wildman–Crippen MR) is 63.2 cm³/mol. The molecule has 0 aliphatic carbocycles. The third-order valence-electron chi connectivity index (χ3n) is 1.61. The minimum atomic E-state index is -0.497. The molecule has 0 atom stereocenters. The second-order valence-electron chi connectivity index (χ2n) is 2.47. The number of nitrogens with zero attached hydrogens (tertiary/aromatic N) is 2. The Hall–Kier alpha value is -0.680. The van der Waals surface area contributed by atoms with E-state index in [9.17, 15) is 10.1 Å². The molecule has 0 heterocycles. The number of benzene rings is 1. The van der Waals surface area contributed by atoms with Crippen LogP contribution in [0.15, 0.2) is 12.1 Å². The third kappa shape index (κ3) is 2.22. The van der Waals surface area contributed by atoms with Crippen molar-refractivity contribution in [1.82, 2.24) is 0 Å². The van der Waals surface area contributed by atoms with Gasteiger partial charge in [-0.3, -0.25) is 10.1 Å². The van der Waals surface area contributed by atoms with Gasteiger partial charge in [-0.1, -0.05) is 15.9 Å². The zero-order valence-electron chi connectivity index (χ0n) is 6.83. The van der Waals surface area contributed by atoms with E-state index < -0.39 is 4.92 Å². The van der Waals surface area contributed by atoms with E-state index in [0.29, 0.717) is 10.9 Å². The first-order chi connectivity index (χ1) is 6.60. The summed E-state index contributed by atoms with van der Waals surface area (Å²) in [6.07, 6.45) is 0. The fourth-order valence-corrected chi connectivity index (χ4v) is 2.54. The zero-order valence-corrected chi connectivity index (χ0v) is 10.6. The van der Waals surface area contributed by atoms with Gasteiger partial charge in [0.1, 0.15) is 6.07 Å². The maximum atomic E-state index is 10.5. The van der Waals surface area contributed by atoms with Crippen LogP contribution in [0.3, 0.4) is 0 Å². The molecule has 0 fully saturated rings. The highest BCUT2D eigenvalue weighted by Crippen LogP contribution is 2.25. The quantitative estimate of drug-likeness (QED) is 0.350. The number of rotatable bonds is 2. The number of nitro groups is 1. The molecule has 4 nitrogen and oxygen atoms in total. The molecule has 0 unspecified atom stereocenters. The minimum absolute atomic E-state index is 0.0450. The van der Waals surface area contributed by atoms with Crippen LogP contribution in [0.4, 0.5) is 5.69 Å². The number of non-ortho nitro benzene ring substituents is 1. The van der Waals surface area contributed by atoms with Crippen LogP contribution in [-0.2, 0) is 5.33 Å². The largest absolute Gasteiger partial charge is 0.271 e. The molecule has 72 valence electrons. The van der Waals surface area contributed by atoms with E-state index in [1.807, 2.05) is 28.7 Å². The molecule has 0 aromatic heterocycles. The summed E-state index contributed by atoms with van der Waals surface area (Å²) in [5.41, 5.74) is 1.06. The molecule has 0 bridgehead atoms. The first kappa shape index (κ1) is 11.4. The molecule has 0 saturated carbocycles. The molecule has 0 radical (unpaired) electrons. The summed E-state index contributed by atoms with van der Waals surface area (Å²) in [4.78, 5) is 10.0. The number of halogens is 2. The van der Waals surface area contributed by atoms with Gasteiger partial charge in [0.2, 0.25) is 0 Å². The Bertz CT molecular complexity index is 428. The smallest absolute Gasteiger partial charge is 0.258 e. The average Bonchev–Trinajstić information content (AvgIpc) is 2.17. The van der Waals surface area contributed by atoms with Gasteiger partial charge in [0.25, 0.3) is 5.69 Å². The van der Waals surface area contributed by atoms with Gasteiger partial charge in [0, 0.05) is 21.0 Å². The Labute approximate surface area is 102 Å². The summed E-state index contributed by atoms with van der Waals surface area (Å²) >= 11 is 5.22. The summed E-state index contributed by atoms with van der Waals surface area (Å²) in [7, 11) is 0. The first-order valence-corrected chi connectivity index (χ1v) is 5.73. The summed E-state index contributed by atoms with van der Waals surface area (Å²) < 4.78 is 0.757. The van der Waals surface area contributed by atoms with Crippen molar-refractivity contribution in [2.75, 3.05) is 0 Å². The van der Waals surface area contributed by atoms with E-state index in [0.717, 1.165) is 9.13 Å². The fraction of sp³-hybridized carbons (Fsp3) is 0.125. The molecular weight excluding hydrogens is 363 g/mol. The van der Waals surface area contributed by atoms with Gasteiger partial charge < -0.3 is 0 Å². The molecule has 0 N–H and O–H groups in total. The van der Waals surface area contributed by atoms with Gasteiger partial charge in [-0.25, -0.2) is 0 Å². The number of nitriles is 1. The fourth-order valence-electron chi connectivity index (χ4n) is 0.952. The second kappa shape index (κ2) is 4.70. The second-order valence-corrected chi connectivity index (χ2v) is 4.11. The van der Waals surface area contributed by atoms with Crippen molar-refractivity contribution < 1.29 is 4.92 Å². The van der Waals surface area contributed by atoms with Crippen LogP contribution in [0.2, 0.25) is 0 Å². The SMILES string of the molecule is N#Cc1cc([N+](=O)[O-])cc(CBr)c1I. The number of alkyl halides is 1. The van der Waals surface area contributed by atoms with Crippen molar-refractivity contribution in [3.05, 3.63) is 36.9 Å². The lowest BCUT2D eigenvalue weighted by Gasteiger charge is -2.02. The molecule has 0 saturated heterocycles. The van der Waals surface area contributed by atoms with Crippen LogP contribution >= 0.6 is 38.5 Å². The molecule has 0 spiro atoms. The van der Waals surface area contributed by atoms with Crippen molar-refractivity contribution in [3.8, 4) is 6.07 Å². The minimum Gasteiger partial charge on any atom is -0.258 e. The average molecular weight is 367 g/mol. The maximum absolute atomic E-state index is 10.5. The Morgan fingerprint density at radius 2 is 2.29 bits per heavy atom. The Morgan fingerprint density at radius 1 is 1.64 bits per heavy atom. The third-order valence-corrected chi connectivity index (χ3v) is 3.49. The lowest BCUT2D eigenvalue weighted by molar-refractivity contribution is -0.384. The molecule has 0 aliphatic heterocycles. The summed E-state index contributed by atoms with van der Waals surface area (Å²) in [6, 6.07) is 4.69. The molecule has 6 heteroatoms. The lowest BCUT2D eigenvalue weighted by atomic mass is 10.1. The van der Waals surface area contributed by atoms with E-state index in [-0.39, 0.29) is 5.69 Å². The zero-order chi connectivity index (χ0) is 10.7. The van der Waals surface area contributed by atoms with Crippen LogP contribution in [0.25, 0.3) is 0 Å². The van der Waals surface area contributed by atoms with E-state index >= 15 is 0 Å². The van der Waals surface area contributed by atoms with Crippen LogP contribution in [-0.4, -0.2) is 4.92 Å². The van der Waals surface area contributed by atoms with Crippen LogP contribution < -0.4 is 0 Å². The van der Waals surface area contributed by atoms with Crippen molar-refractivity contribution >= 4 is 44.2 Å². The highest BCUT2D eigenvalue weighted by molar-refractivity contribution is 14.1. The van der Waals surface area contributed by atoms with E-state index in [1.165, 1.54) is 12.1 Å². The highest BCUT2D eigenvalue weighted by Gasteiger charge is 2.13. The number of nitro benzene ring substituents is 1. The predicted octanol–water partition coefficient (Wildman–Crippen LogP) is 2.97. The Balaban J connectivity index is 3.41. The van der Waals surface area contributed by atoms with E-state index in [1.54, 1.807) is 0 Å². The van der Waals surface area contributed by atoms with Crippen LogP contribution in [0, 0.1) is 25.0 Å². The number of hydrogen-bond donors (Lipinski definition) is 0. The van der Waals surface area contributed by atoms with E-state index in [2.05, 4.69) is 15.9 Å². The van der Waals surface area contributed by atoms with Crippen molar-refractivity contribution in [2.24, 2.45) is 0 Å². The molecule has 1 aromatic carbocycles. The Morgan fingerprint density at radius 3 is 2.71 bits per heavy atom. The number of hydrogen-bond acceptors (Lipinski definition) is 3. The van der Waals surface area contributed by atoms with Gasteiger partial charge in [-0.15, -0.1) is 0 Å². The van der Waals surface area contributed by atoms with Gasteiger partial charge in [0.15, 0.2) is 0 Å². The maximum Gasteiger partial charge on any atom is 0.271 e. The van der Waals surface area contributed by atoms with Crippen LogP contribution in [0.1, 0.15) is 11.1 Å². The topological polar surface area (TPSA) is 66.9 Å². The van der Waals surface area contributed by atoms with Gasteiger partial charge in [-0.05, 0) is 28.2 Å². The summed E-state index contributed by atoms with van der Waals surface area (Å²) in [5.74, 6) is 0. The lowest BCUT2D eigenvalue weighted by Crippen LogP contribution is -1.95. The van der Waals surface area contributed by atoms with Gasteiger partial charge >= 0.3 is 0 Å². The van der Waals surface area contributed by atoms with Crippen molar-refractivity contribution in [3.63, 3.8) is 0 Å². The molecule has 1 rings (SSSR count). The standard InChI is InChI=1S/C8H4BrIN2O2/c9-3-5-1-7(12(13)14)2-6(4-11)8(5)10/h1-2H,3H2. The van der Waals surface area contributed by atoms with Crippen molar-refractivity contribution in [2.45, 2.75) is 5.33 Å². The normalized spacial score (nSPS) is 9.50. The van der Waals surface area contributed by atoms with E-state index in [4.69, 9.17) is 5.26 Å². The highest BCUT2D eigenvalue weighted by atomic mass is 127. The first-order valence-electron chi connectivity index (χ1n) is 3.53. The van der Waals surface area contributed by atoms with Gasteiger partial charge in [-0.2, -0.15) is 5.26 Å². The molecular formula is C8H4BrIN2O2. The molecule has 1 aromatic rings.